The number of halogens is 4. The predicted molar refractivity (Wildman–Crippen MR) is 75.2 cm³/mol. The fourth-order valence-corrected chi connectivity index (χ4v) is 2.46. The molecule has 0 bridgehead atoms. The van der Waals surface area contributed by atoms with Gasteiger partial charge in [-0.05, 0) is 24.6 Å². The second-order valence-electron chi connectivity index (χ2n) is 4.69. The van der Waals surface area contributed by atoms with Crippen LogP contribution in [0.25, 0.3) is 0 Å². The Balaban J connectivity index is 1.99. The third-order valence-electron chi connectivity index (χ3n) is 2.96. The summed E-state index contributed by atoms with van der Waals surface area (Å²) in [4.78, 5) is 16.1. The largest absolute Gasteiger partial charge is 0.400 e. The summed E-state index contributed by atoms with van der Waals surface area (Å²) in [5.74, 6) is -3.59. The summed E-state index contributed by atoms with van der Waals surface area (Å²) >= 11 is 1.08. The maximum atomic E-state index is 12.8. The molecule has 1 unspecified atom stereocenters. The molecule has 1 amide bonds. The number of thiazole rings is 1. The van der Waals surface area contributed by atoms with E-state index in [1.807, 2.05) is 0 Å². The number of anilines is 1. The van der Waals surface area contributed by atoms with Gasteiger partial charge in [0.15, 0.2) is 5.13 Å². The Labute approximate surface area is 128 Å². The maximum Gasteiger partial charge on any atom is 0.400 e. The smallest absolute Gasteiger partial charge is 0.301 e. The summed E-state index contributed by atoms with van der Waals surface area (Å²) in [5, 5.41) is 2.26. The Bertz CT molecular complexity index is 652. The van der Waals surface area contributed by atoms with Gasteiger partial charge in [-0.25, -0.2) is 9.37 Å². The lowest BCUT2D eigenvalue weighted by Gasteiger charge is -2.13. The van der Waals surface area contributed by atoms with Crippen LogP contribution in [-0.4, -0.2) is 17.1 Å². The molecule has 118 valence electrons. The third kappa shape index (κ3) is 4.27. The van der Waals surface area contributed by atoms with E-state index in [2.05, 4.69) is 10.3 Å². The lowest BCUT2D eigenvalue weighted by molar-refractivity contribution is -0.175. The molecule has 8 heteroatoms. The number of hydrogen-bond donors (Lipinski definition) is 1. The van der Waals surface area contributed by atoms with Gasteiger partial charge in [-0.2, -0.15) is 13.2 Å². The van der Waals surface area contributed by atoms with Gasteiger partial charge in [0.25, 0.3) is 0 Å². The number of benzene rings is 1. The highest BCUT2D eigenvalue weighted by molar-refractivity contribution is 7.15. The first-order chi connectivity index (χ1) is 10.3. The third-order valence-corrected chi connectivity index (χ3v) is 3.87. The normalized spacial score (nSPS) is 13.0. The Morgan fingerprint density at radius 3 is 2.55 bits per heavy atom. The van der Waals surface area contributed by atoms with Gasteiger partial charge in [-0.15, -0.1) is 11.3 Å². The monoisotopic (exact) mass is 332 g/mol. The van der Waals surface area contributed by atoms with E-state index in [0.29, 0.717) is 6.42 Å². The Kier molecular flexibility index (Phi) is 4.80. The zero-order chi connectivity index (χ0) is 16.3. The van der Waals surface area contributed by atoms with Crippen molar-refractivity contribution in [2.75, 3.05) is 5.32 Å². The van der Waals surface area contributed by atoms with Crippen molar-refractivity contribution >= 4 is 22.4 Å². The van der Waals surface area contributed by atoms with E-state index in [1.54, 1.807) is 12.1 Å². The van der Waals surface area contributed by atoms with Crippen LogP contribution in [0.3, 0.4) is 0 Å². The van der Waals surface area contributed by atoms with Crippen LogP contribution in [0, 0.1) is 11.7 Å². The second-order valence-corrected chi connectivity index (χ2v) is 5.80. The fraction of sp³-hybridized carbons (Fsp3) is 0.286. The topological polar surface area (TPSA) is 42.0 Å². The number of nitrogens with zero attached hydrogens (tertiary/aromatic N) is 1. The number of amides is 1. The Morgan fingerprint density at radius 2 is 1.95 bits per heavy atom. The summed E-state index contributed by atoms with van der Waals surface area (Å²) in [6, 6.07) is 5.87. The van der Waals surface area contributed by atoms with Gasteiger partial charge in [0, 0.05) is 17.5 Å². The number of aromatic nitrogens is 1. The number of nitrogens with one attached hydrogen (secondary N) is 1. The van der Waals surface area contributed by atoms with Gasteiger partial charge in [0.1, 0.15) is 11.7 Å². The highest BCUT2D eigenvalue weighted by Gasteiger charge is 2.41. The summed E-state index contributed by atoms with van der Waals surface area (Å²) in [6.07, 6.45) is -2.65. The van der Waals surface area contributed by atoms with Crippen molar-refractivity contribution in [2.24, 2.45) is 5.92 Å². The molecule has 0 radical (unpaired) electrons. The van der Waals surface area contributed by atoms with Crippen molar-refractivity contribution in [3.05, 3.63) is 46.7 Å². The SMILES string of the molecule is CC(C(=O)Nc1ncc(Cc2ccc(F)cc2)s1)C(F)(F)F. The zero-order valence-electron chi connectivity index (χ0n) is 11.4. The molecule has 1 heterocycles. The quantitative estimate of drug-likeness (QED) is 0.860. The molecule has 3 nitrogen and oxygen atoms in total. The first-order valence-electron chi connectivity index (χ1n) is 6.32. The van der Waals surface area contributed by atoms with Crippen molar-refractivity contribution < 1.29 is 22.4 Å². The van der Waals surface area contributed by atoms with Crippen molar-refractivity contribution in [3.8, 4) is 0 Å². The van der Waals surface area contributed by atoms with Crippen LogP contribution in [0.15, 0.2) is 30.5 Å². The number of rotatable bonds is 4. The van der Waals surface area contributed by atoms with E-state index in [0.717, 1.165) is 28.7 Å². The lowest BCUT2D eigenvalue weighted by Crippen LogP contribution is -2.32. The summed E-state index contributed by atoms with van der Waals surface area (Å²) < 4.78 is 50.1. The highest BCUT2D eigenvalue weighted by Crippen LogP contribution is 2.28. The highest BCUT2D eigenvalue weighted by atomic mass is 32.1. The summed E-state index contributed by atoms with van der Waals surface area (Å²) in [6.45, 7) is 0.794. The minimum atomic E-state index is -4.59. The first-order valence-corrected chi connectivity index (χ1v) is 7.14. The summed E-state index contributed by atoms with van der Waals surface area (Å²) in [5.41, 5.74) is 0.839. The van der Waals surface area contributed by atoms with Crippen LogP contribution < -0.4 is 5.32 Å². The number of hydrogen-bond acceptors (Lipinski definition) is 3. The number of carbonyl (C=O) groups is 1. The predicted octanol–water partition coefficient (Wildman–Crippen LogP) is 4.01. The minimum Gasteiger partial charge on any atom is -0.301 e. The molecular formula is C14H12F4N2OS. The molecule has 22 heavy (non-hydrogen) atoms. The van der Waals surface area contributed by atoms with E-state index < -0.39 is 18.0 Å². The second kappa shape index (κ2) is 6.43. The van der Waals surface area contributed by atoms with E-state index in [4.69, 9.17) is 0 Å². The fourth-order valence-electron chi connectivity index (χ4n) is 1.61. The molecule has 0 aliphatic rings. The molecule has 1 atom stereocenters. The van der Waals surface area contributed by atoms with Crippen LogP contribution in [0.1, 0.15) is 17.4 Å². The van der Waals surface area contributed by atoms with Crippen molar-refractivity contribution in [2.45, 2.75) is 19.5 Å². The van der Waals surface area contributed by atoms with Crippen LogP contribution in [0.2, 0.25) is 0 Å². The van der Waals surface area contributed by atoms with E-state index in [1.165, 1.54) is 18.3 Å². The molecular weight excluding hydrogens is 320 g/mol. The molecule has 0 spiro atoms. The molecule has 0 fully saturated rings. The molecule has 2 aromatic rings. The first kappa shape index (κ1) is 16.4. The summed E-state index contributed by atoms with van der Waals surface area (Å²) in [7, 11) is 0. The Morgan fingerprint density at radius 1 is 1.32 bits per heavy atom. The van der Waals surface area contributed by atoms with Crippen LogP contribution in [0.5, 0.6) is 0 Å². The van der Waals surface area contributed by atoms with Gasteiger partial charge in [-0.3, -0.25) is 4.79 Å². The van der Waals surface area contributed by atoms with E-state index in [9.17, 15) is 22.4 Å². The lowest BCUT2D eigenvalue weighted by atomic mass is 10.1. The van der Waals surface area contributed by atoms with Gasteiger partial charge in [0.05, 0.1) is 0 Å². The molecule has 0 saturated heterocycles. The van der Waals surface area contributed by atoms with Gasteiger partial charge >= 0.3 is 6.18 Å². The van der Waals surface area contributed by atoms with E-state index in [-0.39, 0.29) is 10.9 Å². The Hall–Kier alpha value is -1.96. The van der Waals surface area contributed by atoms with Crippen molar-refractivity contribution in [3.63, 3.8) is 0 Å². The minimum absolute atomic E-state index is 0.109. The van der Waals surface area contributed by atoms with Crippen LogP contribution in [0.4, 0.5) is 22.7 Å². The molecule has 1 aromatic heterocycles. The van der Waals surface area contributed by atoms with Gasteiger partial charge in [0.2, 0.25) is 5.91 Å². The van der Waals surface area contributed by atoms with Crippen molar-refractivity contribution in [1.82, 2.24) is 4.98 Å². The molecule has 2 rings (SSSR count). The standard InChI is InChI=1S/C14H12F4N2OS/c1-8(14(16,17)18)12(21)20-13-19-7-11(22-13)6-9-2-4-10(15)5-3-9/h2-5,7-8H,6H2,1H3,(H,19,20,21). The molecule has 0 aliphatic heterocycles. The number of alkyl halides is 3. The average molecular weight is 332 g/mol. The molecule has 1 aromatic carbocycles. The van der Waals surface area contributed by atoms with Crippen LogP contribution in [-0.2, 0) is 11.2 Å². The molecule has 1 N–H and O–H groups in total. The van der Waals surface area contributed by atoms with Crippen molar-refractivity contribution in [1.29, 1.82) is 0 Å². The maximum absolute atomic E-state index is 12.8. The van der Waals surface area contributed by atoms with E-state index >= 15 is 0 Å². The average Bonchev–Trinajstić information content (AvgIpc) is 2.86. The van der Waals surface area contributed by atoms with Gasteiger partial charge in [-0.1, -0.05) is 12.1 Å². The molecule has 0 aliphatic carbocycles. The zero-order valence-corrected chi connectivity index (χ0v) is 12.3. The number of carbonyl (C=O) groups excluding carboxylic acids is 1. The molecule has 0 saturated carbocycles. The van der Waals surface area contributed by atoms with Gasteiger partial charge < -0.3 is 5.32 Å². The van der Waals surface area contributed by atoms with Crippen LogP contribution >= 0.6 is 11.3 Å².